The molecule has 2 fully saturated rings. The summed E-state index contributed by atoms with van der Waals surface area (Å²) in [6.07, 6.45) is -1.35. The van der Waals surface area contributed by atoms with Gasteiger partial charge in [0.05, 0.1) is 19.8 Å². The fourth-order valence-electron chi connectivity index (χ4n) is 4.84. The molecule has 0 saturated carbocycles. The molecule has 5 nitrogen and oxygen atoms in total. The molecule has 0 aromatic heterocycles. The molecule has 32 heavy (non-hydrogen) atoms. The Morgan fingerprint density at radius 3 is 2.34 bits per heavy atom. The molecule has 2 atom stereocenters. The van der Waals surface area contributed by atoms with Gasteiger partial charge in [0.1, 0.15) is 0 Å². The number of nitrogens with zero attached hydrogens (tertiary/aromatic N) is 2. The summed E-state index contributed by atoms with van der Waals surface area (Å²) in [5, 5.41) is 0. The fraction of sp³-hybridized carbons (Fsp3) is 0.458. The number of hydrogen-bond donors (Lipinski definition) is 0. The minimum atomic E-state index is -4.41. The lowest BCUT2D eigenvalue weighted by molar-refractivity contribution is -0.137. The molecule has 2 aromatic rings. The van der Waals surface area contributed by atoms with E-state index in [1.807, 2.05) is 12.1 Å². The van der Waals surface area contributed by atoms with E-state index < -0.39 is 11.7 Å². The summed E-state index contributed by atoms with van der Waals surface area (Å²) in [6.45, 7) is 1.83. The smallest absolute Gasteiger partial charge is 0.416 e. The number of benzene rings is 2. The maximum absolute atomic E-state index is 12.9. The number of methoxy groups -OCH3 is 2. The quantitative estimate of drug-likeness (QED) is 0.676. The fourth-order valence-corrected chi connectivity index (χ4v) is 4.84. The van der Waals surface area contributed by atoms with Crippen LogP contribution in [0.1, 0.15) is 46.8 Å². The van der Waals surface area contributed by atoms with Crippen LogP contribution in [-0.4, -0.2) is 55.6 Å². The van der Waals surface area contributed by atoms with Crippen LogP contribution in [0, 0.1) is 0 Å². The molecule has 2 aliphatic heterocycles. The monoisotopic (exact) mass is 448 g/mol. The van der Waals surface area contributed by atoms with Gasteiger partial charge in [-0.3, -0.25) is 9.69 Å². The molecule has 0 radical (unpaired) electrons. The van der Waals surface area contributed by atoms with E-state index >= 15 is 0 Å². The van der Waals surface area contributed by atoms with Gasteiger partial charge in [-0.1, -0.05) is 6.07 Å². The molecule has 172 valence electrons. The van der Waals surface area contributed by atoms with Crippen LogP contribution in [0.4, 0.5) is 13.2 Å². The molecule has 2 saturated heterocycles. The van der Waals surface area contributed by atoms with Crippen molar-refractivity contribution in [2.45, 2.75) is 37.5 Å². The number of carbonyl (C=O) groups excluding carboxylic acids is 1. The Labute approximate surface area is 185 Å². The summed E-state index contributed by atoms with van der Waals surface area (Å²) in [7, 11) is 3.23. The third-order valence-electron chi connectivity index (χ3n) is 6.48. The number of halogens is 3. The van der Waals surface area contributed by atoms with Crippen LogP contribution in [0.5, 0.6) is 11.5 Å². The number of carbonyl (C=O) groups is 1. The summed E-state index contributed by atoms with van der Waals surface area (Å²) in [6, 6.07) is 10.9. The molecule has 0 spiro atoms. The van der Waals surface area contributed by atoms with Crippen molar-refractivity contribution in [1.82, 2.24) is 9.80 Å². The van der Waals surface area contributed by atoms with Crippen LogP contribution in [0.2, 0.25) is 0 Å². The standard InChI is InChI=1S/C24H27F3N2O3/c1-31-21-11-8-17(14-22(21)32-2)20-5-3-4-19-15-28(12-13-29(19)20)23(30)16-6-9-18(10-7-16)24(25,26)27/h6-11,14,19-20H,3-5,12-13,15H2,1-2H3. The van der Waals surface area contributed by atoms with Gasteiger partial charge in [0.15, 0.2) is 11.5 Å². The molecular weight excluding hydrogens is 421 g/mol. The molecule has 8 heteroatoms. The SMILES string of the molecule is COc1ccc(C2CCCC3CN(C(=O)c4ccc(C(F)(F)F)cc4)CCN32)cc1OC. The van der Waals surface area contributed by atoms with Gasteiger partial charge in [-0.25, -0.2) is 0 Å². The van der Waals surface area contributed by atoms with Crippen LogP contribution in [0.15, 0.2) is 42.5 Å². The van der Waals surface area contributed by atoms with Crippen molar-refractivity contribution in [3.63, 3.8) is 0 Å². The Morgan fingerprint density at radius 2 is 1.69 bits per heavy atom. The summed E-state index contributed by atoms with van der Waals surface area (Å²) in [5.74, 6) is 1.17. The minimum Gasteiger partial charge on any atom is -0.493 e. The Balaban J connectivity index is 1.47. The zero-order valence-electron chi connectivity index (χ0n) is 18.2. The van der Waals surface area contributed by atoms with Gasteiger partial charge in [-0.05, 0) is 61.2 Å². The predicted octanol–water partition coefficient (Wildman–Crippen LogP) is 4.77. The number of hydrogen-bond acceptors (Lipinski definition) is 4. The largest absolute Gasteiger partial charge is 0.493 e. The minimum absolute atomic E-state index is 0.216. The van der Waals surface area contributed by atoms with Gasteiger partial charge >= 0.3 is 6.18 Å². The Morgan fingerprint density at radius 1 is 0.969 bits per heavy atom. The third-order valence-corrected chi connectivity index (χ3v) is 6.48. The Hall–Kier alpha value is -2.74. The highest BCUT2D eigenvalue weighted by Crippen LogP contribution is 2.39. The molecule has 2 heterocycles. The molecule has 4 rings (SSSR count). The summed E-state index contributed by atoms with van der Waals surface area (Å²) >= 11 is 0. The lowest BCUT2D eigenvalue weighted by Gasteiger charge is -2.48. The molecular formula is C24H27F3N2O3. The first-order valence-corrected chi connectivity index (χ1v) is 10.8. The van der Waals surface area contributed by atoms with Crippen molar-refractivity contribution in [3.05, 3.63) is 59.2 Å². The molecule has 1 amide bonds. The Kier molecular flexibility index (Phi) is 6.33. The lowest BCUT2D eigenvalue weighted by Crippen LogP contribution is -2.57. The number of alkyl halides is 3. The second kappa shape index (κ2) is 9.02. The van der Waals surface area contributed by atoms with Crippen molar-refractivity contribution < 1.29 is 27.4 Å². The van der Waals surface area contributed by atoms with Crippen molar-refractivity contribution >= 4 is 5.91 Å². The van der Waals surface area contributed by atoms with Crippen molar-refractivity contribution in [3.8, 4) is 11.5 Å². The second-order valence-electron chi connectivity index (χ2n) is 8.28. The van der Waals surface area contributed by atoms with E-state index in [1.54, 1.807) is 19.1 Å². The molecule has 2 aromatic carbocycles. The summed E-state index contributed by atoms with van der Waals surface area (Å²) < 4.78 is 49.2. The van der Waals surface area contributed by atoms with Crippen molar-refractivity contribution in [2.24, 2.45) is 0 Å². The van der Waals surface area contributed by atoms with E-state index in [-0.39, 0.29) is 18.0 Å². The van der Waals surface area contributed by atoms with E-state index in [0.717, 1.165) is 43.5 Å². The van der Waals surface area contributed by atoms with Gasteiger partial charge < -0.3 is 14.4 Å². The van der Waals surface area contributed by atoms with E-state index in [9.17, 15) is 18.0 Å². The van der Waals surface area contributed by atoms with Crippen LogP contribution in [0.25, 0.3) is 0 Å². The predicted molar refractivity (Wildman–Crippen MR) is 114 cm³/mol. The van der Waals surface area contributed by atoms with Gasteiger partial charge in [-0.15, -0.1) is 0 Å². The number of piperazine rings is 1. The van der Waals surface area contributed by atoms with E-state index in [1.165, 1.54) is 12.1 Å². The molecule has 2 unspecified atom stereocenters. The first-order chi connectivity index (χ1) is 15.3. The maximum Gasteiger partial charge on any atom is 0.416 e. The molecule has 0 N–H and O–H groups in total. The lowest BCUT2D eigenvalue weighted by atomic mass is 9.89. The van der Waals surface area contributed by atoms with Gasteiger partial charge in [0, 0.05) is 37.3 Å². The van der Waals surface area contributed by atoms with Gasteiger partial charge in [0.2, 0.25) is 0 Å². The summed E-state index contributed by atoms with van der Waals surface area (Å²) in [4.78, 5) is 17.1. The van der Waals surface area contributed by atoms with Gasteiger partial charge in [0.25, 0.3) is 5.91 Å². The number of piperidine rings is 1. The first kappa shape index (κ1) is 22.5. The van der Waals surface area contributed by atoms with Crippen LogP contribution in [-0.2, 0) is 6.18 Å². The highest BCUT2D eigenvalue weighted by atomic mass is 19.4. The molecule has 0 aliphatic carbocycles. The van der Waals surface area contributed by atoms with E-state index in [0.29, 0.717) is 30.2 Å². The van der Waals surface area contributed by atoms with Crippen LogP contribution >= 0.6 is 0 Å². The molecule has 2 aliphatic rings. The zero-order chi connectivity index (χ0) is 22.9. The first-order valence-electron chi connectivity index (χ1n) is 10.8. The number of ether oxygens (including phenoxy) is 2. The number of amides is 1. The maximum atomic E-state index is 12.9. The van der Waals surface area contributed by atoms with E-state index in [4.69, 9.17) is 9.47 Å². The number of fused-ring (bicyclic) bond motifs is 1. The van der Waals surface area contributed by atoms with Crippen molar-refractivity contribution in [2.75, 3.05) is 33.9 Å². The van der Waals surface area contributed by atoms with Crippen LogP contribution < -0.4 is 9.47 Å². The topological polar surface area (TPSA) is 42.0 Å². The zero-order valence-corrected chi connectivity index (χ0v) is 18.2. The van der Waals surface area contributed by atoms with Crippen molar-refractivity contribution in [1.29, 1.82) is 0 Å². The van der Waals surface area contributed by atoms with Gasteiger partial charge in [-0.2, -0.15) is 13.2 Å². The van der Waals surface area contributed by atoms with E-state index in [2.05, 4.69) is 11.0 Å². The Bertz CT molecular complexity index is 962. The third kappa shape index (κ3) is 4.41. The highest BCUT2D eigenvalue weighted by molar-refractivity contribution is 5.94. The summed E-state index contributed by atoms with van der Waals surface area (Å²) in [5.41, 5.74) is 0.706. The number of rotatable bonds is 4. The van der Waals surface area contributed by atoms with Crippen LogP contribution in [0.3, 0.4) is 0 Å². The normalized spacial score (nSPS) is 21.7. The highest BCUT2D eigenvalue weighted by Gasteiger charge is 2.37. The average Bonchev–Trinajstić information content (AvgIpc) is 2.82. The molecule has 0 bridgehead atoms. The second-order valence-corrected chi connectivity index (χ2v) is 8.28. The average molecular weight is 448 g/mol.